The van der Waals surface area contributed by atoms with Gasteiger partial charge in [-0.2, -0.15) is 0 Å². The summed E-state index contributed by atoms with van der Waals surface area (Å²) in [4.78, 5) is 24.5. The Bertz CT molecular complexity index is 250. The maximum absolute atomic E-state index is 11.9. The van der Waals surface area contributed by atoms with E-state index in [0.29, 0.717) is 18.4 Å². The molecule has 3 nitrogen and oxygen atoms in total. The normalized spacial score (nSPS) is 31.8. The number of amides is 1. The summed E-state index contributed by atoms with van der Waals surface area (Å²) in [5, 5.41) is 0. The Labute approximate surface area is 91.8 Å². The van der Waals surface area contributed by atoms with Crippen LogP contribution >= 0.6 is 0 Å². The number of carbonyl (C=O) groups excluding carboxylic acids is 2. The zero-order valence-corrected chi connectivity index (χ0v) is 10.1. The SMILES string of the molecule is CC(C)C(=O)C1CC(C)C(C)CN1C=O. The molecule has 0 N–H and O–H groups in total. The van der Waals surface area contributed by atoms with Crippen LogP contribution in [0.2, 0.25) is 0 Å². The van der Waals surface area contributed by atoms with E-state index in [9.17, 15) is 9.59 Å². The zero-order chi connectivity index (χ0) is 11.6. The van der Waals surface area contributed by atoms with Crippen LogP contribution in [-0.2, 0) is 9.59 Å². The lowest BCUT2D eigenvalue weighted by Crippen LogP contribution is -2.50. The summed E-state index contributed by atoms with van der Waals surface area (Å²) in [5.41, 5.74) is 0. The first-order valence-electron chi connectivity index (χ1n) is 5.72. The van der Waals surface area contributed by atoms with Gasteiger partial charge in [0.15, 0.2) is 5.78 Å². The van der Waals surface area contributed by atoms with Crippen molar-refractivity contribution in [2.24, 2.45) is 17.8 Å². The Balaban J connectivity index is 2.77. The number of nitrogens with zero attached hydrogens (tertiary/aromatic N) is 1. The minimum Gasteiger partial charge on any atom is -0.335 e. The second-order valence-corrected chi connectivity index (χ2v) is 5.07. The van der Waals surface area contributed by atoms with Crippen LogP contribution in [0.5, 0.6) is 0 Å². The quantitative estimate of drug-likeness (QED) is 0.666. The number of ketones is 1. The van der Waals surface area contributed by atoms with E-state index in [1.807, 2.05) is 13.8 Å². The zero-order valence-electron chi connectivity index (χ0n) is 10.1. The third-order valence-corrected chi connectivity index (χ3v) is 3.50. The van der Waals surface area contributed by atoms with Crippen molar-refractivity contribution in [3.8, 4) is 0 Å². The Morgan fingerprint density at radius 3 is 2.40 bits per heavy atom. The number of piperidine rings is 1. The van der Waals surface area contributed by atoms with Crippen molar-refractivity contribution in [2.45, 2.75) is 40.2 Å². The van der Waals surface area contributed by atoms with Gasteiger partial charge >= 0.3 is 0 Å². The highest BCUT2D eigenvalue weighted by Crippen LogP contribution is 2.28. The standard InChI is InChI=1S/C12H21NO2/c1-8(2)12(15)11-5-9(3)10(4)6-13(11)7-14/h7-11H,5-6H2,1-4H3. The van der Waals surface area contributed by atoms with Crippen LogP contribution in [0.25, 0.3) is 0 Å². The van der Waals surface area contributed by atoms with Gasteiger partial charge in [-0.1, -0.05) is 27.7 Å². The highest BCUT2D eigenvalue weighted by Gasteiger charge is 2.35. The molecule has 3 atom stereocenters. The Morgan fingerprint density at radius 2 is 1.93 bits per heavy atom. The first kappa shape index (κ1) is 12.2. The summed E-state index contributed by atoms with van der Waals surface area (Å²) >= 11 is 0. The van der Waals surface area contributed by atoms with Gasteiger partial charge < -0.3 is 4.90 Å². The van der Waals surface area contributed by atoms with E-state index in [4.69, 9.17) is 0 Å². The van der Waals surface area contributed by atoms with Crippen molar-refractivity contribution in [2.75, 3.05) is 6.54 Å². The predicted octanol–water partition coefficient (Wildman–Crippen LogP) is 1.71. The van der Waals surface area contributed by atoms with Gasteiger partial charge in [0.05, 0.1) is 6.04 Å². The average Bonchev–Trinajstić information content (AvgIpc) is 2.20. The Morgan fingerprint density at radius 1 is 1.33 bits per heavy atom. The summed E-state index contributed by atoms with van der Waals surface area (Å²) in [6.07, 6.45) is 1.64. The van der Waals surface area contributed by atoms with Gasteiger partial charge in [-0.15, -0.1) is 0 Å². The third-order valence-electron chi connectivity index (χ3n) is 3.50. The average molecular weight is 211 g/mol. The van der Waals surface area contributed by atoms with Crippen molar-refractivity contribution < 1.29 is 9.59 Å². The van der Waals surface area contributed by atoms with Crippen LogP contribution < -0.4 is 0 Å². The van der Waals surface area contributed by atoms with E-state index in [2.05, 4.69) is 13.8 Å². The summed E-state index contributed by atoms with van der Waals surface area (Å²) in [6.45, 7) is 8.81. The van der Waals surface area contributed by atoms with E-state index < -0.39 is 0 Å². The van der Waals surface area contributed by atoms with Crippen molar-refractivity contribution >= 4 is 12.2 Å². The first-order chi connectivity index (χ1) is 6.97. The van der Waals surface area contributed by atoms with Gasteiger partial charge in [0.2, 0.25) is 6.41 Å². The molecule has 0 spiro atoms. The van der Waals surface area contributed by atoms with Gasteiger partial charge in [0.25, 0.3) is 0 Å². The monoisotopic (exact) mass is 211 g/mol. The van der Waals surface area contributed by atoms with Gasteiger partial charge in [-0.05, 0) is 18.3 Å². The van der Waals surface area contributed by atoms with Gasteiger partial charge in [0, 0.05) is 12.5 Å². The molecule has 0 radical (unpaired) electrons. The summed E-state index contributed by atoms with van der Waals surface area (Å²) in [6, 6.07) is -0.186. The van der Waals surface area contributed by atoms with Crippen molar-refractivity contribution in [3.05, 3.63) is 0 Å². The first-order valence-corrected chi connectivity index (χ1v) is 5.72. The number of hydrogen-bond acceptors (Lipinski definition) is 2. The van der Waals surface area contributed by atoms with Crippen LogP contribution in [0, 0.1) is 17.8 Å². The fourth-order valence-electron chi connectivity index (χ4n) is 2.14. The molecule has 0 aromatic carbocycles. The number of likely N-dealkylation sites (tertiary alicyclic amines) is 1. The highest BCUT2D eigenvalue weighted by atomic mass is 16.1. The molecule has 3 heteroatoms. The predicted molar refractivity (Wildman–Crippen MR) is 59.3 cm³/mol. The van der Waals surface area contributed by atoms with E-state index >= 15 is 0 Å². The van der Waals surface area contributed by atoms with Crippen LogP contribution in [0.3, 0.4) is 0 Å². The lowest BCUT2D eigenvalue weighted by Gasteiger charge is -2.39. The van der Waals surface area contributed by atoms with E-state index in [0.717, 1.165) is 12.8 Å². The molecule has 0 bridgehead atoms. The number of hydrogen-bond donors (Lipinski definition) is 0. The molecule has 1 rings (SSSR count). The maximum Gasteiger partial charge on any atom is 0.210 e. The second-order valence-electron chi connectivity index (χ2n) is 5.07. The number of carbonyl (C=O) groups is 2. The minimum absolute atomic E-state index is 0.0121. The van der Waals surface area contributed by atoms with Crippen LogP contribution in [-0.4, -0.2) is 29.7 Å². The third kappa shape index (κ3) is 2.58. The van der Waals surface area contributed by atoms with Gasteiger partial charge in [-0.3, -0.25) is 9.59 Å². The molecule has 0 aromatic heterocycles. The highest BCUT2D eigenvalue weighted by molar-refractivity contribution is 5.87. The molecule has 1 fully saturated rings. The second kappa shape index (κ2) is 4.77. The molecule has 1 amide bonds. The molecular weight excluding hydrogens is 190 g/mol. The minimum atomic E-state index is -0.186. The van der Waals surface area contributed by atoms with Crippen molar-refractivity contribution in [1.82, 2.24) is 4.90 Å². The molecule has 0 aromatic rings. The van der Waals surface area contributed by atoms with Crippen molar-refractivity contribution in [1.29, 1.82) is 0 Å². The fourth-order valence-corrected chi connectivity index (χ4v) is 2.14. The Kier molecular flexibility index (Phi) is 3.89. The summed E-state index contributed by atoms with van der Waals surface area (Å²) in [7, 11) is 0. The molecule has 86 valence electrons. The molecule has 1 aliphatic heterocycles. The van der Waals surface area contributed by atoms with E-state index in [-0.39, 0.29) is 17.7 Å². The molecule has 1 saturated heterocycles. The molecule has 3 unspecified atom stereocenters. The van der Waals surface area contributed by atoms with Crippen LogP contribution in [0.15, 0.2) is 0 Å². The van der Waals surface area contributed by atoms with Gasteiger partial charge in [0.1, 0.15) is 0 Å². The van der Waals surface area contributed by atoms with E-state index in [1.165, 1.54) is 0 Å². The van der Waals surface area contributed by atoms with E-state index in [1.54, 1.807) is 4.90 Å². The molecule has 1 heterocycles. The Hall–Kier alpha value is -0.860. The lowest BCUT2D eigenvalue weighted by atomic mass is 9.81. The van der Waals surface area contributed by atoms with Crippen molar-refractivity contribution in [3.63, 3.8) is 0 Å². The van der Waals surface area contributed by atoms with Crippen LogP contribution in [0.4, 0.5) is 0 Å². The maximum atomic E-state index is 11.9. The van der Waals surface area contributed by atoms with Gasteiger partial charge in [-0.25, -0.2) is 0 Å². The summed E-state index contributed by atoms with van der Waals surface area (Å²) < 4.78 is 0. The molecule has 15 heavy (non-hydrogen) atoms. The molecule has 0 saturated carbocycles. The lowest BCUT2D eigenvalue weighted by molar-refractivity contribution is -0.137. The molecular formula is C12H21NO2. The molecule has 1 aliphatic rings. The fraction of sp³-hybridized carbons (Fsp3) is 0.833. The topological polar surface area (TPSA) is 37.4 Å². The number of Topliss-reactive ketones (excluding diaryl/α,β-unsaturated/α-hetero) is 1. The largest absolute Gasteiger partial charge is 0.335 e. The number of rotatable bonds is 3. The molecule has 0 aliphatic carbocycles. The van der Waals surface area contributed by atoms with Crippen LogP contribution in [0.1, 0.15) is 34.1 Å². The summed E-state index contributed by atoms with van der Waals surface area (Å²) in [5.74, 6) is 1.22. The smallest absolute Gasteiger partial charge is 0.210 e.